The van der Waals surface area contributed by atoms with E-state index in [0.29, 0.717) is 26.8 Å². The largest absolute Gasteiger partial charge is 0.507 e. The highest BCUT2D eigenvalue weighted by atomic mass is 79.9. The Morgan fingerprint density at radius 2 is 1.85 bits per heavy atom. The Labute approximate surface area is 130 Å². The molecule has 0 radical (unpaired) electrons. The van der Waals surface area contributed by atoms with Gasteiger partial charge in [0, 0.05) is 10.0 Å². The number of nitrogens with one attached hydrogen (secondary N) is 1. The number of fused-ring (bicyclic) bond motifs is 1. The molecule has 3 rings (SSSR count). The van der Waals surface area contributed by atoms with E-state index in [1.54, 1.807) is 30.3 Å². The van der Waals surface area contributed by atoms with E-state index in [2.05, 4.69) is 41.8 Å². The number of halogens is 2. The Bertz CT molecular complexity index is 875. The van der Waals surface area contributed by atoms with Crippen LogP contribution in [0.5, 0.6) is 5.75 Å². The van der Waals surface area contributed by atoms with E-state index < -0.39 is 0 Å². The van der Waals surface area contributed by atoms with Crippen LogP contribution >= 0.6 is 31.9 Å². The highest BCUT2D eigenvalue weighted by Crippen LogP contribution is 2.35. The number of aromatic hydroxyl groups is 1. The number of phenolic OH excluding ortho intramolecular Hbond substituents is 1. The van der Waals surface area contributed by atoms with Gasteiger partial charge in [0.1, 0.15) is 11.6 Å². The highest BCUT2D eigenvalue weighted by molar-refractivity contribution is 9.11. The highest BCUT2D eigenvalue weighted by Gasteiger charge is 2.11. The number of rotatable bonds is 1. The lowest BCUT2D eigenvalue weighted by molar-refractivity contribution is 0.472. The normalized spacial score (nSPS) is 10.9. The van der Waals surface area contributed by atoms with Crippen LogP contribution in [0.2, 0.25) is 0 Å². The molecule has 100 valence electrons. The van der Waals surface area contributed by atoms with Crippen molar-refractivity contribution in [3.8, 4) is 17.1 Å². The van der Waals surface area contributed by atoms with Crippen molar-refractivity contribution >= 4 is 42.8 Å². The molecule has 0 fully saturated rings. The van der Waals surface area contributed by atoms with Crippen molar-refractivity contribution in [1.29, 1.82) is 0 Å². The van der Waals surface area contributed by atoms with Crippen LogP contribution in [0.1, 0.15) is 0 Å². The SMILES string of the molecule is O=c1[nH]c(-c2cc(O)c(Br)cc2Br)nc2ccccc12. The van der Waals surface area contributed by atoms with Crippen molar-refractivity contribution in [1.82, 2.24) is 9.97 Å². The first kappa shape index (κ1) is 13.3. The molecule has 4 nitrogen and oxygen atoms in total. The minimum atomic E-state index is -0.208. The fourth-order valence-corrected chi connectivity index (χ4v) is 3.11. The van der Waals surface area contributed by atoms with E-state index in [4.69, 9.17) is 0 Å². The van der Waals surface area contributed by atoms with Crippen LogP contribution in [-0.2, 0) is 0 Å². The summed E-state index contributed by atoms with van der Waals surface area (Å²) in [5.74, 6) is 0.488. The van der Waals surface area contributed by atoms with Gasteiger partial charge < -0.3 is 10.1 Å². The zero-order valence-electron chi connectivity index (χ0n) is 10.0. The smallest absolute Gasteiger partial charge is 0.259 e. The second kappa shape index (κ2) is 5.03. The number of benzene rings is 2. The molecule has 0 aliphatic heterocycles. The van der Waals surface area contributed by atoms with Crippen molar-refractivity contribution in [3.63, 3.8) is 0 Å². The van der Waals surface area contributed by atoms with Gasteiger partial charge in [0.15, 0.2) is 0 Å². The summed E-state index contributed by atoms with van der Waals surface area (Å²) in [6.07, 6.45) is 0. The second-order valence-corrected chi connectivity index (χ2v) is 5.92. The van der Waals surface area contributed by atoms with Crippen molar-refractivity contribution < 1.29 is 5.11 Å². The van der Waals surface area contributed by atoms with Gasteiger partial charge in [-0.15, -0.1) is 0 Å². The summed E-state index contributed by atoms with van der Waals surface area (Å²) >= 11 is 6.64. The van der Waals surface area contributed by atoms with E-state index in [9.17, 15) is 9.90 Å². The van der Waals surface area contributed by atoms with Gasteiger partial charge in [-0.2, -0.15) is 0 Å². The lowest BCUT2D eigenvalue weighted by atomic mass is 10.2. The van der Waals surface area contributed by atoms with Gasteiger partial charge in [0.25, 0.3) is 5.56 Å². The molecule has 0 amide bonds. The number of aromatic nitrogens is 2. The van der Waals surface area contributed by atoms with Crippen molar-refractivity contribution in [2.24, 2.45) is 0 Å². The monoisotopic (exact) mass is 394 g/mol. The van der Waals surface area contributed by atoms with Crippen LogP contribution in [0.15, 0.2) is 50.1 Å². The molecule has 0 aliphatic carbocycles. The molecular weight excluding hydrogens is 388 g/mol. The van der Waals surface area contributed by atoms with E-state index in [1.807, 2.05) is 6.07 Å². The van der Waals surface area contributed by atoms with Gasteiger partial charge in [-0.25, -0.2) is 4.98 Å². The van der Waals surface area contributed by atoms with Gasteiger partial charge in [0.2, 0.25) is 0 Å². The number of phenols is 1. The van der Waals surface area contributed by atoms with E-state index >= 15 is 0 Å². The van der Waals surface area contributed by atoms with Gasteiger partial charge in [-0.1, -0.05) is 12.1 Å². The standard InChI is InChI=1S/C14H8Br2N2O2/c15-9-6-10(16)12(19)5-8(9)13-17-11-4-2-1-3-7(11)14(20)18-13/h1-6,19H,(H,17,18,20). The molecule has 1 heterocycles. The Morgan fingerprint density at radius 3 is 2.65 bits per heavy atom. The molecule has 2 aromatic carbocycles. The summed E-state index contributed by atoms with van der Waals surface area (Å²) in [5.41, 5.74) is 1.02. The average Bonchev–Trinajstić information content (AvgIpc) is 2.43. The predicted octanol–water partition coefficient (Wildman–Crippen LogP) is 3.82. The first-order chi connectivity index (χ1) is 9.56. The van der Waals surface area contributed by atoms with Crippen molar-refractivity contribution in [3.05, 3.63) is 55.7 Å². The number of hydrogen-bond donors (Lipinski definition) is 2. The van der Waals surface area contributed by atoms with Gasteiger partial charge in [-0.05, 0) is 56.1 Å². The van der Waals surface area contributed by atoms with E-state index in [-0.39, 0.29) is 11.3 Å². The lowest BCUT2D eigenvalue weighted by Gasteiger charge is -2.07. The minimum absolute atomic E-state index is 0.0824. The quantitative estimate of drug-likeness (QED) is 0.658. The number of aromatic amines is 1. The van der Waals surface area contributed by atoms with Crippen molar-refractivity contribution in [2.75, 3.05) is 0 Å². The number of para-hydroxylation sites is 1. The molecule has 0 aliphatic rings. The third-order valence-corrected chi connectivity index (χ3v) is 4.20. The maximum Gasteiger partial charge on any atom is 0.259 e. The third kappa shape index (κ3) is 2.25. The number of hydrogen-bond acceptors (Lipinski definition) is 3. The zero-order chi connectivity index (χ0) is 14.3. The summed E-state index contributed by atoms with van der Waals surface area (Å²) in [6, 6.07) is 10.4. The Hall–Kier alpha value is -1.66. The average molecular weight is 396 g/mol. The second-order valence-electron chi connectivity index (χ2n) is 4.22. The van der Waals surface area contributed by atoms with Gasteiger partial charge in [-0.3, -0.25) is 4.79 Å². The first-order valence-corrected chi connectivity index (χ1v) is 7.32. The maximum absolute atomic E-state index is 12.1. The molecule has 1 aromatic heterocycles. The predicted molar refractivity (Wildman–Crippen MR) is 84.9 cm³/mol. The molecule has 20 heavy (non-hydrogen) atoms. The fraction of sp³-hybridized carbons (Fsp3) is 0. The molecule has 2 N–H and O–H groups in total. The summed E-state index contributed by atoms with van der Waals surface area (Å²) in [4.78, 5) is 19.2. The Kier molecular flexibility index (Phi) is 3.35. The molecule has 0 spiro atoms. The van der Waals surface area contributed by atoms with Crippen molar-refractivity contribution in [2.45, 2.75) is 0 Å². The van der Waals surface area contributed by atoms with Gasteiger partial charge >= 0.3 is 0 Å². The Morgan fingerprint density at radius 1 is 1.10 bits per heavy atom. The maximum atomic E-state index is 12.1. The molecule has 0 saturated heterocycles. The van der Waals surface area contributed by atoms with E-state index in [0.717, 1.165) is 4.47 Å². The van der Waals surface area contributed by atoms with Crippen LogP contribution in [-0.4, -0.2) is 15.1 Å². The molecule has 0 bridgehead atoms. The zero-order valence-corrected chi connectivity index (χ0v) is 13.2. The molecule has 0 saturated carbocycles. The van der Waals surface area contributed by atoms with Crippen LogP contribution in [0.4, 0.5) is 0 Å². The van der Waals surface area contributed by atoms with Crippen LogP contribution in [0.3, 0.4) is 0 Å². The number of H-pyrrole nitrogens is 1. The summed E-state index contributed by atoms with van der Waals surface area (Å²) in [5, 5.41) is 10.3. The summed E-state index contributed by atoms with van der Waals surface area (Å²) in [6.45, 7) is 0. The Balaban J connectivity index is 2.30. The minimum Gasteiger partial charge on any atom is -0.507 e. The van der Waals surface area contributed by atoms with Crippen LogP contribution in [0, 0.1) is 0 Å². The van der Waals surface area contributed by atoms with E-state index in [1.165, 1.54) is 0 Å². The molecular formula is C14H8Br2N2O2. The molecule has 3 aromatic rings. The lowest BCUT2D eigenvalue weighted by Crippen LogP contribution is -2.09. The molecule has 0 atom stereocenters. The summed E-state index contributed by atoms with van der Waals surface area (Å²) in [7, 11) is 0. The summed E-state index contributed by atoms with van der Waals surface area (Å²) < 4.78 is 1.29. The molecule has 0 unspecified atom stereocenters. The molecule has 6 heteroatoms. The third-order valence-electron chi connectivity index (χ3n) is 2.90. The van der Waals surface area contributed by atoms with Gasteiger partial charge in [0.05, 0.1) is 15.4 Å². The van der Waals surface area contributed by atoms with Crippen LogP contribution < -0.4 is 5.56 Å². The van der Waals surface area contributed by atoms with Crippen LogP contribution in [0.25, 0.3) is 22.3 Å². The fourth-order valence-electron chi connectivity index (χ4n) is 1.93. The topological polar surface area (TPSA) is 66.0 Å². The number of nitrogens with zero attached hydrogens (tertiary/aromatic N) is 1. The first-order valence-electron chi connectivity index (χ1n) is 5.73.